The van der Waals surface area contributed by atoms with Gasteiger partial charge in [-0.15, -0.1) is 11.3 Å². The van der Waals surface area contributed by atoms with Crippen molar-refractivity contribution in [3.63, 3.8) is 0 Å². The fourth-order valence-corrected chi connectivity index (χ4v) is 6.59. The summed E-state index contributed by atoms with van der Waals surface area (Å²) in [5, 5.41) is 0. The van der Waals surface area contributed by atoms with Gasteiger partial charge in [0.15, 0.2) is 0 Å². The molecule has 0 unspecified atom stereocenters. The van der Waals surface area contributed by atoms with Crippen molar-refractivity contribution in [1.82, 2.24) is 13.9 Å². The molecule has 4 atom stereocenters. The van der Waals surface area contributed by atoms with Crippen molar-refractivity contribution in [1.29, 1.82) is 0 Å². The van der Waals surface area contributed by atoms with E-state index in [-0.39, 0.29) is 17.6 Å². The van der Waals surface area contributed by atoms with Crippen LogP contribution in [0.15, 0.2) is 12.1 Å². The van der Waals surface area contributed by atoms with Gasteiger partial charge in [-0.3, -0.25) is 4.90 Å². The highest BCUT2D eigenvalue weighted by Crippen LogP contribution is 2.54. The van der Waals surface area contributed by atoms with E-state index >= 15 is 0 Å². The van der Waals surface area contributed by atoms with Crippen LogP contribution in [0.25, 0.3) is 0 Å². The topological polar surface area (TPSA) is 61.9 Å². The zero-order valence-corrected chi connectivity index (χ0v) is 17.4. The summed E-state index contributed by atoms with van der Waals surface area (Å²) in [6.07, 6.45) is 3.47. The summed E-state index contributed by atoms with van der Waals surface area (Å²) in [4.78, 5) is 5.36. The van der Waals surface area contributed by atoms with E-state index in [0.29, 0.717) is 12.5 Å². The standard InChI is InChI=1S/C18H29N3O3S2/c1-4-13-5-6-14(25-13)10-21-11-16-15(9-19-26(22,23)20(2)3)17-7-8-18(16,12-21)24-17/h5-6,15-17,19H,4,7-12H2,1-3H3/t15-,16+,17+,18+/m0/s1. The van der Waals surface area contributed by atoms with Crippen LogP contribution in [0.2, 0.25) is 0 Å². The number of nitrogens with one attached hydrogen (secondary N) is 1. The van der Waals surface area contributed by atoms with Gasteiger partial charge in [0.2, 0.25) is 0 Å². The molecular weight excluding hydrogens is 370 g/mol. The van der Waals surface area contributed by atoms with Gasteiger partial charge in [-0.1, -0.05) is 6.92 Å². The number of likely N-dealkylation sites (tertiary alicyclic amines) is 1. The molecule has 6 nitrogen and oxygen atoms in total. The van der Waals surface area contributed by atoms with Crippen LogP contribution >= 0.6 is 11.3 Å². The van der Waals surface area contributed by atoms with Gasteiger partial charge in [0, 0.05) is 61.9 Å². The van der Waals surface area contributed by atoms with Gasteiger partial charge in [-0.05, 0) is 31.4 Å². The Kier molecular flexibility index (Phi) is 4.95. The largest absolute Gasteiger partial charge is 0.370 e. The van der Waals surface area contributed by atoms with E-state index in [1.807, 2.05) is 11.3 Å². The minimum Gasteiger partial charge on any atom is -0.370 e. The highest BCUT2D eigenvalue weighted by Gasteiger charge is 2.62. The quantitative estimate of drug-likeness (QED) is 0.758. The average Bonchev–Trinajstić information content (AvgIpc) is 3.32. The summed E-state index contributed by atoms with van der Waals surface area (Å²) >= 11 is 1.90. The molecule has 1 spiro atoms. The third-order valence-electron chi connectivity index (χ3n) is 6.28. The monoisotopic (exact) mass is 399 g/mol. The fraction of sp³-hybridized carbons (Fsp3) is 0.778. The van der Waals surface area contributed by atoms with Crippen molar-refractivity contribution >= 4 is 21.5 Å². The van der Waals surface area contributed by atoms with E-state index in [9.17, 15) is 8.42 Å². The summed E-state index contributed by atoms with van der Waals surface area (Å²) in [5.41, 5.74) is -0.0518. The van der Waals surface area contributed by atoms with Gasteiger partial charge in [-0.2, -0.15) is 12.7 Å². The molecule has 0 saturated carbocycles. The first kappa shape index (κ1) is 18.8. The third kappa shape index (κ3) is 3.25. The van der Waals surface area contributed by atoms with Crippen LogP contribution in [-0.2, 0) is 27.9 Å². The van der Waals surface area contributed by atoms with Gasteiger partial charge in [0.25, 0.3) is 10.2 Å². The van der Waals surface area contributed by atoms with E-state index < -0.39 is 10.2 Å². The first-order chi connectivity index (χ1) is 12.3. The van der Waals surface area contributed by atoms with Crippen molar-refractivity contribution in [3.05, 3.63) is 21.9 Å². The number of hydrogen-bond acceptors (Lipinski definition) is 5. The molecule has 2 bridgehead atoms. The van der Waals surface area contributed by atoms with Crippen LogP contribution in [0, 0.1) is 11.8 Å². The smallest absolute Gasteiger partial charge is 0.278 e. The zero-order chi connectivity index (χ0) is 18.5. The number of aryl methyl sites for hydroxylation is 1. The number of hydrogen-bond donors (Lipinski definition) is 1. The SMILES string of the molecule is CCc1ccc(CN2C[C@@H]3[C@H](CNS(=O)(=O)N(C)C)[C@H]4CC[C@]3(C2)O4)s1. The minimum absolute atomic E-state index is 0.0518. The maximum atomic E-state index is 12.1. The van der Waals surface area contributed by atoms with Gasteiger partial charge >= 0.3 is 0 Å². The van der Waals surface area contributed by atoms with E-state index in [1.54, 1.807) is 14.1 Å². The predicted octanol–water partition coefficient (Wildman–Crippen LogP) is 1.69. The predicted molar refractivity (Wildman–Crippen MR) is 103 cm³/mol. The fourth-order valence-electron chi connectivity index (χ4n) is 4.93. The molecule has 0 radical (unpaired) electrons. The van der Waals surface area contributed by atoms with Crippen LogP contribution in [0.5, 0.6) is 0 Å². The van der Waals surface area contributed by atoms with Crippen molar-refractivity contribution in [2.45, 2.75) is 44.4 Å². The van der Waals surface area contributed by atoms with E-state index in [1.165, 1.54) is 14.1 Å². The Labute approximate surface area is 160 Å². The lowest BCUT2D eigenvalue weighted by molar-refractivity contribution is 0.00226. The van der Waals surface area contributed by atoms with E-state index in [4.69, 9.17) is 4.74 Å². The van der Waals surface area contributed by atoms with Crippen molar-refractivity contribution in [2.24, 2.45) is 11.8 Å². The van der Waals surface area contributed by atoms with E-state index in [2.05, 4.69) is 28.7 Å². The van der Waals surface area contributed by atoms with Crippen LogP contribution in [-0.4, -0.2) is 63.1 Å². The van der Waals surface area contributed by atoms with Crippen molar-refractivity contribution in [2.75, 3.05) is 33.7 Å². The molecule has 0 aliphatic carbocycles. The molecule has 1 aromatic rings. The molecular formula is C18H29N3O3S2. The Morgan fingerprint density at radius 2 is 2.15 bits per heavy atom. The molecule has 3 aliphatic rings. The van der Waals surface area contributed by atoms with Gasteiger partial charge < -0.3 is 4.74 Å². The number of thiophene rings is 1. The number of fused-ring (bicyclic) bond motifs is 1. The molecule has 3 aliphatic heterocycles. The lowest BCUT2D eigenvalue weighted by Crippen LogP contribution is -2.44. The second-order valence-electron chi connectivity index (χ2n) is 8.06. The molecule has 4 heterocycles. The second-order valence-corrected chi connectivity index (χ2v) is 11.3. The normalized spacial score (nSPS) is 34.1. The van der Waals surface area contributed by atoms with Crippen LogP contribution < -0.4 is 4.72 Å². The first-order valence-electron chi connectivity index (χ1n) is 9.48. The molecule has 8 heteroatoms. The summed E-state index contributed by atoms with van der Waals surface area (Å²) in [6.45, 7) is 5.63. The highest BCUT2D eigenvalue weighted by molar-refractivity contribution is 7.87. The number of nitrogens with zero attached hydrogens (tertiary/aromatic N) is 2. The van der Waals surface area contributed by atoms with E-state index in [0.717, 1.165) is 38.9 Å². The van der Waals surface area contributed by atoms with Crippen molar-refractivity contribution < 1.29 is 13.2 Å². The maximum absolute atomic E-state index is 12.1. The van der Waals surface area contributed by atoms with Crippen LogP contribution in [0.3, 0.4) is 0 Å². The zero-order valence-electron chi connectivity index (χ0n) is 15.8. The Morgan fingerprint density at radius 1 is 1.38 bits per heavy atom. The van der Waals surface area contributed by atoms with Crippen molar-refractivity contribution in [3.8, 4) is 0 Å². The molecule has 0 aromatic carbocycles. The molecule has 146 valence electrons. The summed E-state index contributed by atoms with van der Waals surface area (Å²) in [6, 6.07) is 4.48. The molecule has 26 heavy (non-hydrogen) atoms. The Morgan fingerprint density at radius 3 is 2.85 bits per heavy atom. The Hall–Kier alpha value is -0.510. The molecule has 3 saturated heterocycles. The number of rotatable bonds is 7. The number of ether oxygens (including phenoxy) is 1. The first-order valence-corrected chi connectivity index (χ1v) is 11.7. The summed E-state index contributed by atoms with van der Waals surface area (Å²) in [7, 11) is -0.261. The molecule has 0 amide bonds. The average molecular weight is 400 g/mol. The molecule has 3 fully saturated rings. The summed E-state index contributed by atoms with van der Waals surface area (Å²) < 4.78 is 34.6. The molecule has 1 aromatic heterocycles. The van der Waals surface area contributed by atoms with Gasteiger partial charge in [0.1, 0.15) is 0 Å². The minimum atomic E-state index is -3.38. The lowest BCUT2D eigenvalue weighted by Gasteiger charge is -2.29. The third-order valence-corrected chi connectivity index (χ3v) is 8.99. The Balaban J connectivity index is 1.43. The van der Waals surface area contributed by atoms with Crippen LogP contribution in [0.4, 0.5) is 0 Å². The maximum Gasteiger partial charge on any atom is 0.278 e. The molecule has 4 rings (SSSR count). The highest BCUT2D eigenvalue weighted by atomic mass is 32.2. The second kappa shape index (κ2) is 6.83. The lowest BCUT2D eigenvalue weighted by atomic mass is 9.74. The Bertz CT molecular complexity index is 763. The summed E-state index contributed by atoms with van der Waals surface area (Å²) in [5.74, 6) is 0.703. The van der Waals surface area contributed by atoms with Crippen LogP contribution in [0.1, 0.15) is 29.5 Å². The molecule has 1 N–H and O–H groups in total. The van der Waals surface area contributed by atoms with Gasteiger partial charge in [-0.25, -0.2) is 4.72 Å². The van der Waals surface area contributed by atoms with Gasteiger partial charge in [0.05, 0.1) is 11.7 Å².